The fourth-order valence-corrected chi connectivity index (χ4v) is 3.13. The standard InChI is InChI=1S/C17H12N.C12H9FN.Ir/c1-3-7-14(8-4-1)16-11-12-17(18-13-16)15-9-5-2-6-10-15;13-9-10-4-6-11(7-5-10)12-3-1-2-8-14-12;/h1-9,11-13H;1-6,8H,9H2;/q2*-1;. The Kier molecular flexibility index (Phi) is 9.19. The maximum atomic E-state index is 12.2. The fraction of sp³-hybridized carbons (Fsp3) is 0.0345. The van der Waals surface area contributed by atoms with E-state index in [9.17, 15) is 4.39 Å². The van der Waals surface area contributed by atoms with Crippen molar-refractivity contribution < 1.29 is 24.5 Å². The molecule has 0 saturated carbocycles. The molecule has 5 rings (SSSR count). The molecule has 0 bridgehead atoms. The van der Waals surface area contributed by atoms with Gasteiger partial charge >= 0.3 is 0 Å². The summed E-state index contributed by atoms with van der Waals surface area (Å²) in [6.45, 7) is -0.445. The molecule has 5 aromatic rings. The van der Waals surface area contributed by atoms with Crippen molar-refractivity contribution in [3.8, 4) is 33.6 Å². The summed E-state index contributed by atoms with van der Waals surface area (Å²) in [7, 11) is 0. The van der Waals surface area contributed by atoms with Crippen molar-refractivity contribution in [1.82, 2.24) is 9.97 Å². The van der Waals surface area contributed by atoms with Crippen molar-refractivity contribution in [1.29, 1.82) is 0 Å². The molecule has 0 saturated heterocycles. The van der Waals surface area contributed by atoms with Crippen LogP contribution in [-0.2, 0) is 26.8 Å². The van der Waals surface area contributed by atoms with Crippen LogP contribution in [0.3, 0.4) is 0 Å². The van der Waals surface area contributed by atoms with Gasteiger partial charge in [-0.2, -0.15) is 0 Å². The number of aromatic nitrogens is 2. The minimum Gasteiger partial charge on any atom is -0.305 e. The molecule has 0 spiro atoms. The van der Waals surface area contributed by atoms with Crippen molar-refractivity contribution in [3.05, 3.63) is 133 Å². The molecule has 0 aliphatic heterocycles. The second-order valence-electron chi connectivity index (χ2n) is 7.03. The van der Waals surface area contributed by atoms with E-state index in [2.05, 4.69) is 40.3 Å². The van der Waals surface area contributed by atoms with Gasteiger partial charge in [-0.1, -0.05) is 60.2 Å². The van der Waals surface area contributed by atoms with Gasteiger partial charge in [0.15, 0.2) is 0 Å². The first-order valence-electron chi connectivity index (χ1n) is 10.3. The molecule has 33 heavy (non-hydrogen) atoms. The Labute approximate surface area is 207 Å². The third kappa shape index (κ3) is 6.76. The number of pyridine rings is 2. The summed E-state index contributed by atoms with van der Waals surface area (Å²) in [5, 5.41) is 0. The van der Waals surface area contributed by atoms with E-state index < -0.39 is 6.67 Å². The summed E-state index contributed by atoms with van der Waals surface area (Å²) >= 11 is 0. The van der Waals surface area contributed by atoms with Gasteiger partial charge in [0.05, 0.1) is 6.67 Å². The van der Waals surface area contributed by atoms with Crippen LogP contribution in [-0.4, -0.2) is 9.97 Å². The molecule has 2 heterocycles. The molecule has 3 aromatic carbocycles. The van der Waals surface area contributed by atoms with E-state index >= 15 is 0 Å². The van der Waals surface area contributed by atoms with Crippen molar-refractivity contribution >= 4 is 0 Å². The molecule has 0 aliphatic rings. The topological polar surface area (TPSA) is 25.8 Å². The third-order valence-corrected chi connectivity index (χ3v) is 4.83. The number of hydrogen-bond donors (Lipinski definition) is 0. The van der Waals surface area contributed by atoms with E-state index in [4.69, 9.17) is 0 Å². The average Bonchev–Trinajstić information content (AvgIpc) is 2.91. The number of benzene rings is 3. The minimum atomic E-state index is -0.445. The summed E-state index contributed by atoms with van der Waals surface area (Å²) < 4.78 is 12.2. The molecular formula is C29H21FIrN2-2. The van der Waals surface area contributed by atoms with Crippen LogP contribution < -0.4 is 0 Å². The van der Waals surface area contributed by atoms with E-state index in [0.29, 0.717) is 5.56 Å². The van der Waals surface area contributed by atoms with Gasteiger partial charge in [-0.25, -0.2) is 0 Å². The molecule has 0 fully saturated rings. The number of halogens is 1. The Morgan fingerprint density at radius 2 is 1.39 bits per heavy atom. The minimum absolute atomic E-state index is 0. The predicted molar refractivity (Wildman–Crippen MR) is 127 cm³/mol. The van der Waals surface area contributed by atoms with Gasteiger partial charge in [0.1, 0.15) is 0 Å². The molecule has 1 radical (unpaired) electrons. The molecule has 4 heteroatoms. The molecule has 0 atom stereocenters. The second-order valence-corrected chi connectivity index (χ2v) is 7.03. The van der Waals surface area contributed by atoms with Gasteiger partial charge in [0.2, 0.25) is 0 Å². The van der Waals surface area contributed by atoms with Gasteiger partial charge in [-0.3, -0.25) is 4.39 Å². The van der Waals surface area contributed by atoms with Crippen LogP contribution in [0.5, 0.6) is 0 Å². The van der Waals surface area contributed by atoms with Gasteiger partial charge in [-0.15, -0.1) is 65.7 Å². The Hall–Kier alpha value is -3.46. The summed E-state index contributed by atoms with van der Waals surface area (Å²) in [6, 6.07) is 39.4. The zero-order chi connectivity index (χ0) is 22.0. The predicted octanol–water partition coefficient (Wildman–Crippen LogP) is 7.23. The molecule has 0 unspecified atom stereocenters. The monoisotopic (exact) mass is 609 g/mol. The van der Waals surface area contributed by atoms with Gasteiger partial charge in [-0.05, 0) is 28.6 Å². The van der Waals surface area contributed by atoms with Crippen LogP contribution in [0, 0.1) is 12.1 Å². The van der Waals surface area contributed by atoms with Gasteiger partial charge in [0, 0.05) is 32.5 Å². The fourth-order valence-electron chi connectivity index (χ4n) is 3.13. The normalized spacial score (nSPS) is 9.85. The maximum absolute atomic E-state index is 12.2. The first kappa shape index (κ1) is 24.2. The molecule has 165 valence electrons. The molecular weight excluding hydrogens is 588 g/mol. The number of nitrogens with zero attached hydrogens (tertiary/aromatic N) is 2. The molecule has 0 amide bonds. The van der Waals surface area contributed by atoms with Crippen molar-refractivity contribution in [2.75, 3.05) is 0 Å². The zero-order valence-electron chi connectivity index (χ0n) is 17.8. The summed E-state index contributed by atoms with van der Waals surface area (Å²) in [6.07, 6.45) is 3.64. The average molecular weight is 609 g/mol. The molecule has 0 aliphatic carbocycles. The Balaban J connectivity index is 0.000000186. The smallest absolute Gasteiger partial charge is 0.0814 e. The van der Waals surface area contributed by atoms with Crippen molar-refractivity contribution in [2.24, 2.45) is 0 Å². The van der Waals surface area contributed by atoms with Crippen LogP contribution in [0.25, 0.3) is 33.6 Å². The van der Waals surface area contributed by atoms with E-state index in [0.717, 1.165) is 28.1 Å². The summed E-state index contributed by atoms with van der Waals surface area (Å²) in [5.41, 5.74) is 6.70. The Morgan fingerprint density at radius 1 is 0.636 bits per heavy atom. The molecule has 0 N–H and O–H groups in total. The van der Waals surface area contributed by atoms with E-state index in [1.165, 1.54) is 5.56 Å². The first-order valence-corrected chi connectivity index (χ1v) is 10.3. The van der Waals surface area contributed by atoms with Crippen LogP contribution in [0.4, 0.5) is 4.39 Å². The first-order chi connectivity index (χ1) is 15.8. The van der Waals surface area contributed by atoms with Crippen LogP contribution in [0.1, 0.15) is 5.56 Å². The number of hydrogen-bond acceptors (Lipinski definition) is 2. The maximum Gasteiger partial charge on any atom is 0.0814 e. The van der Waals surface area contributed by atoms with Gasteiger partial charge < -0.3 is 9.97 Å². The summed E-state index contributed by atoms with van der Waals surface area (Å²) in [5.74, 6) is 0. The Morgan fingerprint density at radius 3 is 2.00 bits per heavy atom. The van der Waals surface area contributed by atoms with E-state index in [-0.39, 0.29) is 20.1 Å². The largest absolute Gasteiger partial charge is 0.305 e. The number of rotatable bonds is 4. The Bertz CT molecular complexity index is 1150. The second kappa shape index (κ2) is 12.5. The van der Waals surface area contributed by atoms with Crippen LogP contribution >= 0.6 is 0 Å². The van der Waals surface area contributed by atoms with E-state index in [1.54, 1.807) is 18.3 Å². The van der Waals surface area contributed by atoms with Crippen LogP contribution in [0.2, 0.25) is 0 Å². The zero-order valence-corrected chi connectivity index (χ0v) is 20.2. The number of alkyl halides is 1. The SMILES string of the molecule is FCc1c[c-]c(-c2ccccn2)cc1.[Ir].[c-]1ccccc1-c1ccc(-c2ccccc2)cn1. The van der Waals surface area contributed by atoms with E-state index in [1.807, 2.05) is 79.0 Å². The van der Waals surface area contributed by atoms with Crippen LogP contribution in [0.15, 0.2) is 116 Å². The third-order valence-electron chi connectivity index (χ3n) is 4.83. The van der Waals surface area contributed by atoms with Gasteiger partial charge in [0.25, 0.3) is 0 Å². The van der Waals surface area contributed by atoms with Crippen molar-refractivity contribution in [2.45, 2.75) is 6.67 Å². The molecule has 2 nitrogen and oxygen atoms in total. The summed E-state index contributed by atoms with van der Waals surface area (Å²) in [4.78, 5) is 8.67. The quantitative estimate of drug-likeness (QED) is 0.201. The van der Waals surface area contributed by atoms with Crippen molar-refractivity contribution in [3.63, 3.8) is 0 Å². The molecule has 2 aromatic heterocycles.